The molecule has 1 N–H and O–H groups in total. The van der Waals surface area contributed by atoms with Crippen LogP contribution in [0.25, 0.3) is 22.6 Å². The number of hydrogen-bond acceptors (Lipinski definition) is 6. The number of nitrogens with zero attached hydrogens (tertiary/aromatic N) is 5. The number of imidazole rings is 1. The number of aromatic nitrogens is 4. The highest BCUT2D eigenvalue weighted by Crippen LogP contribution is 2.30. The van der Waals surface area contributed by atoms with Crippen molar-refractivity contribution in [2.45, 2.75) is 0 Å². The summed E-state index contributed by atoms with van der Waals surface area (Å²) in [5, 5.41) is 4.04. The second-order valence-electron chi connectivity index (χ2n) is 6.71. The first kappa shape index (κ1) is 18.9. The van der Waals surface area contributed by atoms with Gasteiger partial charge in [0.05, 0.1) is 13.2 Å². The summed E-state index contributed by atoms with van der Waals surface area (Å²) in [6.07, 6.45) is 5.53. The van der Waals surface area contributed by atoms with Gasteiger partial charge in [-0.2, -0.15) is 0 Å². The molecule has 4 rings (SSSR count). The van der Waals surface area contributed by atoms with Gasteiger partial charge in [-0.1, -0.05) is 23.7 Å². The van der Waals surface area contributed by atoms with Crippen molar-refractivity contribution in [1.29, 1.82) is 0 Å². The van der Waals surface area contributed by atoms with Crippen molar-refractivity contribution in [2.75, 3.05) is 44.7 Å². The van der Waals surface area contributed by atoms with Crippen LogP contribution in [0.5, 0.6) is 0 Å². The van der Waals surface area contributed by atoms with E-state index in [1.54, 1.807) is 6.20 Å². The molecule has 0 saturated carbocycles. The maximum Gasteiger partial charge on any atom is 0.223 e. The van der Waals surface area contributed by atoms with Crippen LogP contribution < -0.4 is 5.32 Å². The first-order valence-corrected chi connectivity index (χ1v) is 9.73. The lowest BCUT2D eigenvalue weighted by Crippen LogP contribution is -2.39. The molecule has 1 fully saturated rings. The van der Waals surface area contributed by atoms with E-state index in [9.17, 15) is 0 Å². The zero-order valence-corrected chi connectivity index (χ0v) is 16.6. The maximum atomic E-state index is 6.04. The van der Waals surface area contributed by atoms with Crippen molar-refractivity contribution in [3.63, 3.8) is 0 Å². The maximum absolute atomic E-state index is 6.04. The van der Waals surface area contributed by atoms with Gasteiger partial charge in [0.2, 0.25) is 5.95 Å². The number of halogens is 1. The van der Waals surface area contributed by atoms with Gasteiger partial charge in [-0.15, -0.1) is 0 Å². The van der Waals surface area contributed by atoms with Crippen LogP contribution in [0, 0.1) is 0 Å². The number of benzene rings is 1. The van der Waals surface area contributed by atoms with Crippen LogP contribution >= 0.6 is 11.6 Å². The van der Waals surface area contributed by atoms with Crippen LogP contribution in [-0.2, 0) is 11.8 Å². The Morgan fingerprint density at radius 2 is 1.93 bits per heavy atom. The van der Waals surface area contributed by atoms with Crippen molar-refractivity contribution < 1.29 is 4.74 Å². The van der Waals surface area contributed by atoms with Gasteiger partial charge in [0, 0.05) is 62.4 Å². The van der Waals surface area contributed by atoms with Gasteiger partial charge in [0.1, 0.15) is 5.69 Å². The molecule has 1 aromatic carbocycles. The monoisotopic (exact) mass is 398 g/mol. The summed E-state index contributed by atoms with van der Waals surface area (Å²) in [7, 11) is 1.96. The molecule has 3 aromatic rings. The van der Waals surface area contributed by atoms with Gasteiger partial charge < -0.3 is 14.6 Å². The Balaban J connectivity index is 1.57. The molecule has 1 aliphatic heterocycles. The third-order valence-electron chi connectivity index (χ3n) is 4.79. The molecule has 0 radical (unpaired) electrons. The van der Waals surface area contributed by atoms with Crippen molar-refractivity contribution >= 4 is 17.5 Å². The molecule has 7 nitrogen and oxygen atoms in total. The minimum absolute atomic E-state index is 0.601. The Labute approximate surface area is 169 Å². The van der Waals surface area contributed by atoms with E-state index in [0.29, 0.717) is 11.0 Å². The van der Waals surface area contributed by atoms with Crippen LogP contribution in [-0.4, -0.2) is 63.8 Å². The summed E-state index contributed by atoms with van der Waals surface area (Å²) < 4.78 is 7.35. The summed E-state index contributed by atoms with van der Waals surface area (Å²) >= 11 is 6.04. The Morgan fingerprint density at radius 1 is 1.14 bits per heavy atom. The van der Waals surface area contributed by atoms with E-state index in [1.807, 2.05) is 48.3 Å². The molecule has 28 heavy (non-hydrogen) atoms. The number of nitrogens with one attached hydrogen (secondary N) is 1. The van der Waals surface area contributed by atoms with E-state index in [0.717, 1.165) is 62.0 Å². The third kappa shape index (κ3) is 4.32. The Kier molecular flexibility index (Phi) is 5.85. The second kappa shape index (κ2) is 8.68. The van der Waals surface area contributed by atoms with Crippen LogP contribution in [0.2, 0.25) is 5.02 Å². The van der Waals surface area contributed by atoms with Gasteiger partial charge in [-0.05, 0) is 17.7 Å². The molecule has 0 unspecified atom stereocenters. The minimum Gasteiger partial charge on any atom is -0.379 e. The zero-order chi connectivity index (χ0) is 19.3. The number of hydrogen-bond donors (Lipinski definition) is 1. The normalized spacial score (nSPS) is 14.9. The Morgan fingerprint density at radius 3 is 2.64 bits per heavy atom. The lowest BCUT2D eigenvalue weighted by Gasteiger charge is -2.26. The van der Waals surface area contributed by atoms with E-state index in [1.165, 1.54) is 0 Å². The summed E-state index contributed by atoms with van der Waals surface area (Å²) in [6.45, 7) is 5.25. The summed E-state index contributed by atoms with van der Waals surface area (Å²) in [6, 6.07) is 7.68. The molecule has 2 aromatic heterocycles. The van der Waals surface area contributed by atoms with Gasteiger partial charge in [0.25, 0.3) is 0 Å². The van der Waals surface area contributed by atoms with Crippen molar-refractivity contribution in [3.8, 4) is 22.6 Å². The highest BCUT2D eigenvalue weighted by molar-refractivity contribution is 6.30. The Hall–Kier alpha value is -2.48. The molecule has 1 aliphatic rings. The average Bonchev–Trinajstić information content (AvgIpc) is 3.15. The van der Waals surface area contributed by atoms with Crippen LogP contribution in [0.1, 0.15) is 0 Å². The highest BCUT2D eigenvalue weighted by Gasteiger charge is 2.16. The van der Waals surface area contributed by atoms with E-state index in [-0.39, 0.29) is 0 Å². The number of morpholine rings is 1. The SMILES string of the molecule is Cn1ccnc1-c1nc(NCCN2CCOCC2)ncc1-c1ccc(Cl)cc1. The molecule has 8 heteroatoms. The Bertz CT molecular complexity index is 921. The molecular formula is C20H23ClN6O. The second-order valence-corrected chi connectivity index (χ2v) is 7.14. The topological polar surface area (TPSA) is 68.1 Å². The first-order chi connectivity index (χ1) is 13.7. The average molecular weight is 399 g/mol. The highest BCUT2D eigenvalue weighted by atomic mass is 35.5. The largest absolute Gasteiger partial charge is 0.379 e. The fraction of sp³-hybridized carbons (Fsp3) is 0.350. The number of anilines is 1. The molecule has 3 heterocycles. The lowest BCUT2D eigenvalue weighted by molar-refractivity contribution is 0.0398. The number of ether oxygens (including phenoxy) is 1. The predicted molar refractivity (Wildman–Crippen MR) is 110 cm³/mol. The fourth-order valence-corrected chi connectivity index (χ4v) is 3.35. The number of aryl methyl sites for hydroxylation is 1. The molecular weight excluding hydrogens is 376 g/mol. The quantitative estimate of drug-likeness (QED) is 0.688. The van der Waals surface area contributed by atoms with Crippen LogP contribution in [0.3, 0.4) is 0 Å². The zero-order valence-electron chi connectivity index (χ0n) is 15.8. The number of rotatable bonds is 6. The van der Waals surface area contributed by atoms with E-state index in [2.05, 4.69) is 20.2 Å². The molecule has 0 amide bonds. The van der Waals surface area contributed by atoms with Gasteiger partial charge >= 0.3 is 0 Å². The molecule has 0 spiro atoms. The van der Waals surface area contributed by atoms with E-state index in [4.69, 9.17) is 21.3 Å². The first-order valence-electron chi connectivity index (χ1n) is 9.35. The van der Waals surface area contributed by atoms with Crippen LogP contribution in [0.15, 0.2) is 42.9 Å². The molecule has 1 saturated heterocycles. The van der Waals surface area contributed by atoms with Gasteiger partial charge in [-0.25, -0.2) is 15.0 Å². The smallest absolute Gasteiger partial charge is 0.223 e. The summed E-state index contributed by atoms with van der Waals surface area (Å²) in [5.74, 6) is 1.40. The van der Waals surface area contributed by atoms with Crippen molar-refractivity contribution in [2.24, 2.45) is 7.05 Å². The molecule has 0 atom stereocenters. The molecule has 146 valence electrons. The van der Waals surface area contributed by atoms with Crippen molar-refractivity contribution in [1.82, 2.24) is 24.4 Å². The molecule has 0 aliphatic carbocycles. The van der Waals surface area contributed by atoms with E-state index < -0.39 is 0 Å². The van der Waals surface area contributed by atoms with Gasteiger partial charge in [-0.3, -0.25) is 4.90 Å². The molecule has 0 bridgehead atoms. The van der Waals surface area contributed by atoms with Crippen molar-refractivity contribution in [3.05, 3.63) is 47.9 Å². The fourth-order valence-electron chi connectivity index (χ4n) is 3.22. The van der Waals surface area contributed by atoms with Gasteiger partial charge in [0.15, 0.2) is 5.82 Å². The minimum atomic E-state index is 0.601. The predicted octanol–water partition coefficient (Wildman–Crippen LogP) is 2.94. The summed E-state index contributed by atoms with van der Waals surface area (Å²) in [4.78, 5) is 16.2. The third-order valence-corrected chi connectivity index (χ3v) is 5.04. The lowest BCUT2D eigenvalue weighted by atomic mass is 10.1. The van der Waals surface area contributed by atoms with Crippen LogP contribution in [0.4, 0.5) is 5.95 Å². The standard InChI is InChI=1S/C20H23ClN6O/c1-26-8-6-22-19(26)18-17(15-2-4-16(21)5-3-15)14-24-20(25-18)23-7-9-27-10-12-28-13-11-27/h2-6,8,14H,7,9-13H2,1H3,(H,23,24,25). The van der Waals surface area contributed by atoms with E-state index >= 15 is 0 Å². The summed E-state index contributed by atoms with van der Waals surface area (Å²) in [5.41, 5.74) is 2.71.